The van der Waals surface area contributed by atoms with Crippen LogP contribution in [0.15, 0.2) is 30.5 Å². The van der Waals surface area contributed by atoms with Gasteiger partial charge in [-0.05, 0) is 12.5 Å². The fraction of sp³-hybridized carbons (Fsp3) is 0.444. The summed E-state index contributed by atoms with van der Waals surface area (Å²) >= 11 is 0. The Labute approximate surface area is 160 Å². The van der Waals surface area contributed by atoms with Crippen molar-refractivity contribution in [2.75, 3.05) is 18.6 Å². The highest BCUT2D eigenvalue weighted by Gasteiger charge is 2.36. The van der Waals surface area contributed by atoms with Gasteiger partial charge in [0.2, 0.25) is 11.8 Å². The lowest BCUT2D eigenvalue weighted by Gasteiger charge is -2.19. The van der Waals surface area contributed by atoms with E-state index >= 15 is 0 Å². The highest BCUT2D eigenvalue weighted by Crippen LogP contribution is 2.36. The van der Waals surface area contributed by atoms with Gasteiger partial charge < -0.3 is 9.64 Å². The predicted octanol–water partition coefficient (Wildman–Crippen LogP) is 5.13. The summed E-state index contributed by atoms with van der Waals surface area (Å²) < 4.78 is 45.0. The van der Waals surface area contributed by atoms with Crippen LogP contribution < -0.4 is 9.64 Å². The van der Waals surface area contributed by atoms with E-state index in [4.69, 9.17) is 4.74 Å². The van der Waals surface area contributed by atoms with E-state index in [1.165, 1.54) is 30.1 Å². The Kier molecular flexibility index (Phi) is 7.13. The van der Waals surface area contributed by atoms with Crippen LogP contribution in [0.1, 0.15) is 38.2 Å². The summed E-state index contributed by atoms with van der Waals surface area (Å²) in [5.74, 6) is -0.608. The lowest BCUT2D eigenvalue weighted by atomic mass is 10.2. The number of nitro benzene ring substituents is 1. The number of benzene rings is 1. The molecule has 0 spiro atoms. The second-order valence-electron chi connectivity index (χ2n) is 6.13. The number of hydrogen-bond acceptors (Lipinski definition) is 6. The Morgan fingerprint density at radius 2 is 2.00 bits per heavy atom. The van der Waals surface area contributed by atoms with Crippen LogP contribution in [0.4, 0.5) is 30.5 Å². The van der Waals surface area contributed by atoms with Crippen molar-refractivity contribution in [1.82, 2.24) is 9.97 Å². The maximum absolute atomic E-state index is 13.2. The highest BCUT2D eigenvalue weighted by atomic mass is 19.4. The molecular formula is C18H21F3N4O3. The predicted molar refractivity (Wildman–Crippen MR) is 97.8 cm³/mol. The average molecular weight is 398 g/mol. The van der Waals surface area contributed by atoms with E-state index in [9.17, 15) is 23.3 Å². The number of nitrogens with zero attached hydrogens (tertiary/aromatic N) is 4. The van der Waals surface area contributed by atoms with Crippen molar-refractivity contribution in [2.24, 2.45) is 0 Å². The first-order valence-corrected chi connectivity index (χ1v) is 8.79. The fourth-order valence-corrected chi connectivity index (χ4v) is 2.45. The minimum Gasteiger partial charge on any atom is -0.477 e. The van der Waals surface area contributed by atoms with E-state index in [2.05, 4.69) is 9.97 Å². The Morgan fingerprint density at radius 3 is 2.64 bits per heavy atom. The molecule has 0 unspecified atom stereocenters. The zero-order valence-corrected chi connectivity index (χ0v) is 15.6. The van der Waals surface area contributed by atoms with E-state index in [-0.39, 0.29) is 18.2 Å². The van der Waals surface area contributed by atoms with Gasteiger partial charge in [-0.3, -0.25) is 10.1 Å². The largest absolute Gasteiger partial charge is 0.477 e. The average Bonchev–Trinajstić information content (AvgIpc) is 2.66. The summed E-state index contributed by atoms with van der Waals surface area (Å²) in [5, 5.41) is 10.9. The third-order valence-corrected chi connectivity index (χ3v) is 4.01. The number of hydrogen-bond donors (Lipinski definition) is 0. The van der Waals surface area contributed by atoms with Gasteiger partial charge in [0.25, 0.3) is 5.69 Å². The van der Waals surface area contributed by atoms with Gasteiger partial charge in [-0.25, -0.2) is 4.98 Å². The SMILES string of the molecule is CCCCCCOc1nc(N(C)c2cccc([N+](=O)[O-])c2)ncc1C(F)(F)F. The van der Waals surface area contributed by atoms with Gasteiger partial charge in [0.1, 0.15) is 5.56 Å². The van der Waals surface area contributed by atoms with Gasteiger partial charge in [-0.15, -0.1) is 0 Å². The molecule has 0 bridgehead atoms. The topological polar surface area (TPSA) is 81.4 Å². The number of rotatable bonds is 9. The van der Waals surface area contributed by atoms with Crippen LogP contribution in [0.25, 0.3) is 0 Å². The Bertz CT molecular complexity index is 815. The molecule has 2 aromatic rings. The van der Waals surface area contributed by atoms with Crippen molar-refractivity contribution in [1.29, 1.82) is 0 Å². The third kappa shape index (κ3) is 5.54. The normalized spacial score (nSPS) is 11.3. The van der Waals surface area contributed by atoms with E-state index in [0.717, 1.165) is 19.3 Å². The lowest BCUT2D eigenvalue weighted by molar-refractivity contribution is -0.384. The summed E-state index contributed by atoms with van der Waals surface area (Å²) in [4.78, 5) is 19.4. The zero-order valence-electron chi connectivity index (χ0n) is 15.6. The molecule has 10 heteroatoms. The lowest BCUT2D eigenvalue weighted by Crippen LogP contribution is -2.17. The molecule has 1 aromatic heterocycles. The zero-order chi connectivity index (χ0) is 20.7. The third-order valence-electron chi connectivity index (χ3n) is 4.01. The summed E-state index contributed by atoms with van der Waals surface area (Å²) in [6.07, 6.45) is -0.549. The first kappa shape index (κ1) is 21.4. The highest BCUT2D eigenvalue weighted by molar-refractivity contribution is 5.60. The molecule has 0 aliphatic rings. The van der Waals surface area contributed by atoms with Crippen molar-refractivity contribution in [3.05, 3.63) is 46.1 Å². The van der Waals surface area contributed by atoms with Crippen molar-refractivity contribution in [2.45, 2.75) is 38.8 Å². The fourth-order valence-electron chi connectivity index (χ4n) is 2.45. The molecule has 7 nitrogen and oxygen atoms in total. The Hall–Kier alpha value is -2.91. The van der Waals surface area contributed by atoms with Crippen molar-refractivity contribution >= 4 is 17.3 Å². The second-order valence-corrected chi connectivity index (χ2v) is 6.13. The van der Waals surface area contributed by atoms with Gasteiger partial charge in [-0.1, -0.05) is 32.3 Å². The molecular weight excluding hydrogens is 377 g/mol. The maximum Gasteiger partial charge on any atom is 0.423 e. The van der Waals surface area contributed by atoms with E-state index in [0.29, 0.717) is 18.3 Å². The monoisotopic (exact) mass is 398 g/mol. The second kappa shape index (κ2) is 9.34. The van der Waals surface area contributed by atoms with Gasteiger partial charge in [0.05, 0.1) is 17.2 Å². The van der Waals surface area contributed by atoms with Crippen LogP contribution in [0, 0.1) is 10.1 Å². The number of ether oxygens (including phenoxy) is 1. The molecule has 0 atom stereocenters. The van der Waals surface area contributed by atoms with Crippen LogP contribution in [-0.4, -0.2) is 28.5 Å². The van der Waals surface area contributed by atoms with E-state index < -0.39 is 22.5 Å². The molecule has 152 valence electrons. The summed E-state index contributed by atoms with van der Waals surface area (Å²) in [5.41, 5.74) is -0.842. The van der Waals surface area contributed by atoms with Crippen molar-refractivity contribution in [3.63, 3.8) is 0 Å². The number of halogens is 3. The molecule has 28 heavy (non-hydrogen) atoms. The number of anilines is 2. The maximum atomic E-state index is 13.2. The molecule has 0 saturated heterocycles. The molecule has 0 radical (unpaired) electrons. The van der Waals surface area contributed by atoms with Gasteiger partial charge >= 0.3 is 6.18 Å². The summed E-state index contributed by atoms with van der Waals surface area (Å²) in [6.45, 7) is 2.14. The molecule has 1 aromatic carbocycles. The van der Waals surface area contributed by atoms with Gasteiger partial charge in [0.15, 0.2) is 0 Å². The van der Waals surface area contributed by atoms with Crippen molar-refractivity contribution < 1.29 is 22.8 Å². The standard InChI is InChI=1S/C18H21F3N4O3/c1-3-4-5-6-10-28-16-15(18(19,20)21)12-22-17(23-16)24(2)13-8-7-9-14(11-13)25(26)27/h7-9,11-12H,3-6,10H2,1-2H3. The van der Waals surface area contributed by atoms with Crippen LogP contribution in [0.3, 0.4) is 0 Å². The smallest absolute Gasteiger partial charge is 0.423 e. The number of unbranched alkanes of at least 4 members (excludes halogenated alkanes) is 3. The molecule has 0 amide bonds. The summed E-state index contributed by atoms with van der Waals surface area (Å²) in [7, 11) is 1.51. The van der Waals surface area contributed by atoms with E-state index in [1.54, 1.807) is 6.07 Å². The molecule has 0 N–H and O–H groups in total. The number of nitro groups is 1. The summed E-state index contributed by atoms with van der Waals surface area (Å²) in [6, 6.07) is 5.64. The van der Waals surface area contributed by atoms with E-state index in [1.807, 2.05) is 6.92 Å². The molecule has 0 aliphatic carbocycles. The van der Waals surface area contributed by atoms with Crippen molar-refractivity contribution in [3.8, 4) is 5.88 Å². The number of aromatic nitrogens is 2. The molecule has 0 saturated carbocycles. The van der Waals surface area contributed by atoms with Gasteiger partial charge in [0, 0.05) is 25.4 Å². The van der Waals surface area contributed by atoms with Crippen LogP contribution in [-0.2, 0) is 6.18 Å². The number of alkyl halides is 3. The Balaban J connectivity index is 2.28. The first-order chi connectivity index (χ1) is 13.2. The van der Waals surface area contributed by atoms with Crippen LogP contribution in [0.5, 0.6) is 5.88 Å². The molecule has 0 aliphatic heterocycles. The quantitative estimate of drug-likeness (QED) is 0.331. The minimum atomic E-state index is -4.65. The Morgan fingerprint density at radius 1 is 1.25 bits per heavy atom. The molecule has 1 heterocycles. The molecule has 0 fully saturated rings. The van der Waals surface area contributed by atoms with Gasteiger partial charge in [-0.2, -0.15) is 18.2 Å². The van der Waals surface area contributed by atoms with Crippen LogP contribution in [0.2, 0.25) is 0 Å². The first-order valence-electron chi connectivity index (χ1n) is 8.79. The molecule has 2 rings (SSSR count). The minimum absolute atomic E-state index is 0.0583. The van der Waals surface area contributed by atoms with Crippen LogP contribution >= 0.6 is 0 Å². The number of non-ortho nitro benzene ring substituents is 1.